The molecule has 0 aromatic rings. The van der Waals surface area contributed by atoms with Crippen molar-refractivity contribution in [3.63, 3.8) is 0 Å². The van der Waals surface area contributed by atoms with Crippen LogP contribution in [-0.2, 0) is 4.79 Å². The minimum atomic E-state index is -0.400. The van der Waals surface area contributed by atoms with Gasteiger partial charge in [-0.15, -0.1) is 12.3 Å². The zero-order valence-corrected chi connectivity index (χ0v) is 9.55. The number of carbonyl (C=O) groups is 1. The van der Waals surface area contributed by atoms with E-state index in [0.717, 1.165) is 19.3 Å². The van der Waals surface area contributed by atoms with Crippen molar-refractivity contribution in [1.82, 2.24) is 5.32 Å². The van der Waals surface area contributed by atoms with Crippen molar-refractivity contribution >= 4 is 5.91 Å². The third-order valence-electron chi connectivity index (χ3n) is 3.35. The average Bonchev–Trinajstić information content (AvgIpc) is 2.48. The summed E-state index contributed by atoms with van der Waals surface area (Å²) >= 11 is 0. The molecular formula is C12H20N2O. The third-order valence-corrected chi connectivity index (χ3v) is 3.35. The second kappa shape index (κ2) is 4.67. The standard InChI is InChI=1S/C12H20N2O/c1-4-6-9(2)14-11(15)12(3)8-5-7-10(12)13/h1,9-10H,5-8,13H2,2-3H3,(H,14,15). The molecule has 3 atom stereocenters. The number of hydrogen-bond acceptors (Lipinski definition) is 2. The number of nitrogens with two attached hydrogens (primary N) is 1. The van der Waals surface area contributed by atoms with Crippen LogP contribution in [0.3, 0.4) is 0 Å². The van der Waals surface area contributed by atoms with E-state index in [1.165, 1.54) is 0 Å². The van der Waals surface area contributed by atoms with Gasteiger partial charge in [-0.05, 0) is 26.7 Å². The van der Waals surface area contributed by atoms with Crippen molar-refractivity contribution in [2.75, 3.05) is 0 Å². The normalized spacial score (nSPS) is 32.0. The van der Waals surface area contributed by atoms with E-state index in [1.54, 1.807) is 0 Å². The van der Waals surface area contributed by atoms with E-state index in [0.29, 0.717) is 6.42 Å². The molecule has 0 saturated heterocycles. The predicted molar refractivity (Wildman–Crippen MR) is 61.0 cm³/mol. The lowest BCUT2D eigenvalue weighted by Crippen LogP contribution is -2.49. The number of terminal acetylenes is 1. The molecule has 0 aromatic heterocycles. The molecule has 0 radical (unpaired) electrons. The molecule has 15 heavy (non-hydrogen) atoms. The Morgan fingerprint density at radius 1 is 1.80 bits per heavy atom. The van der Waals surface area contributed by atoms with Gasteiger partial charge in [-0.1, -0.05) is 6.42 Å². The quantitative estimate of drug-likeness (QED) is 0.681. The Hall–Kier alpha value is -1.01. The van der Waals surface area contributed by atoms with Crippen molar-refractivity contribution in [2.45, 2.75) is 51.6 Å². The van der Waals surface area contributed by atoms with Crippen molar-refractivity contribution in [3.05, 3.63) is 0 Å². The summed E-state index contributed by atoms with van der Waals surface area (Å²) in [6.07, 6.45) is 8.61. The number of carbonyl (C=O) groups excluding carboxylic acids is 1. The molecule has 1 aliphatic carbocycles. The number of amides is 1. The van der Waals surface area contributed by atoms with Gasteiger partial charge in [0.2, 0.25) is 5.91 Å². The van der Waals surface area contributed by atoms with Gasteiger partial charge in [0.05, 0.1) is 5.41 Å². The van der Waals surface area contributed by atoms with Crippen LogP contribution in [0.5, 0.6) is 0 Å². The summed E-state index contributed by atoms with van der Waals surface area (Å²) in [5, 5.41) is 2.93. The number of hydrogen-bond donors (Lipinski definition) is 2. The molecule has 1 rings (SSSR count). The average molecular weight is 208 g/mol. The molecule has 0 heterocycles. The molecule has 0 aliphatic heterocycles. The largest absolute Gasteiger partial charge is 0.352 e. The monoisotopic (exact) mass is 208 g/mol. The van der Waals surface area contributed by atoms with E-state index in [1.807, 2.05) is 13.8 Å². The first-order chi connectivity index (χ1) is 7.00. The first kappa shape index (κ1) is 12.1. The Kier molecular flexibility index (Phi) is 3.76. The first-order valence-corrected chi connectivity index (χ1v) is 5.50. The maximum absolute atomic E-state index is 12.0. The van der Waals surface area contributed by atoms with Crippen LogP contribution in [0.2, 0.25) is 0 Å². The highest BCUT2D eigenvalue weighted by Crippen LogP contribution is 2.36. The van der Waals surface area contributed by atoms with Gasteiger partial charge in [0.25, 0.3) is 0 Å². The lowest BCUT2D eigenvalue weighted by Gasteiger charge is -2.29. The van der Waals surface area contributed by atoms with Crippen molar-refractivity contribution in [3.8, 4) is 12.3 Å². The highest BCUT2D eigenvalue weighted by molar-refractivity contribution is 5.83. The van der Waals surface area contributed by atoms with E-state index >= 15 is 0 Å². The lowest BCUT2D eigenvalue weighted by molar-refractivity contribution is -0.131. The molecule has 3 N–H and O–H groups in total. The van der Waals surface area contributed by atoms with Crippen molar-refractivity contribution < 1.29 is 4.79 Å². The first-order valence-electron chi connectivity index (χ1n) is 5.50. The summed E-state index contributed by atoms with van der Waals surface area (Å²) in [6, 6.07) is 0.0164. The third kappa shape index (κ3) is 2.51. The van der Waals surface area contributed by atoms with Crippen LogP contribution in [0, 0.1) is 17.8 Å². The van der Waals surface area contributed by atoms with Crippen LogP contribution in [0.15, 0.2) is 0 Å². The summed E-state index contributed by atoms with van der Waals surface area (Å²) in [5.41, 5.74) is 5.56. The summed E-state index contributed by atoms with van der Waals surface area (Å²) in [7, 11) is 0. The lowest BCUT2D eigenvalue weighted by atomic mass is 9.84. The van der Waals surface area contributed by atoms with Gasteiger partial charge in [0.1, 0.15) is 0 Å². The Morgan fingerprint density at radius 3 is 2.93 bits per heavy atom. The van der Waals surface area contributed by atoms with Gasteiger partial charge in [0, 0.05) is 18.5 Å². The minimum Gasteiger partial charge on any atom is -0.352 e. The Balaban J connectivity index is 2.57. The van der Waals surface area contributed by atoms with Gasteiger partial charge in [-0.3, -0.25) is 4.79 Å². The van der Waals surface area contributed by atoms with E-state index in [9.17, 15) is 4.79 Å². The summed E-state index contributed by atoms with van der Waals surface area (Å²) < 4.78 is 0. The molecule has 0 aromatic carbocycles. The molecule has 3 nitrogen and oxygen atoms in total. The van der Waals surface area contributed by atoms with E-state index < -0.39 is 5.41 Å². The Morgan fingerprint density at radius 2 is 2.47 bits per heavy atom. The van der Waals surface area contributed by atoms with Gasteiger partial charge >= 0.3 is 0 Å². The van der Waals surface area contributed by atoms with Crippen LogP contribution >= 0.6 is 0 Å². The fourth-order valence-corrected chi connectivity index (χ4v) is 2.09. The molecule has 1 saturated carbocycles. The van der Waals surface area contributed by atoms with Crippen LogP contribution < -0.4 is 11.1 Å². The summed E-state index contributed by atoms with van der Waals surface area (Å²) in [6.45, 7) is 3.87. The fourth-order valence-electron chi connectivity index (χ4n) is 2.09. The van der Waals surface area contributed by atoms with E-state index in [4.69, 9.17) is 12.2 Å². The smallest absolute Gasteiger partial charge is 0.227 e. The van der Waals surface area contributed by atoms with Gasteiger partial charge in [-0.25, -0.2) is 0 Å². The van der Waals surface area contributed by atoms with Gasteiger partial charge in [0.15, 0.2) is 0 Å². The summed E-state index contributed by atoms with van der Waals surface area (Å²) in [5.74, 6) is 2.59. The Labute approximate surface area is 91.8 Å². The molecular weight excluding hydrogens is 188 g/mol. The zero-order valence-electron chi connectivity index (χ0n) is 9.55. The second-order valence-corrected chi connectivity index (χ2v) is 4.70. The number of nitrogens with one attached hydrogen (secondary N) is 1. The highest BCUT2D eigenvalue weighted by atomic mass is 16.2. The van der Waals surface area contributed by atoms with Crippen LogP contribution in [0.1, 0.15) is 39.5 Å². The molecule has 3 unspecified atom stereocenters. The van der Waals surface area contributed by atoms with E-state index in [2.05, 4.69) is 11.2 Å². The molecule has 1 amide bonds. The summed E-state index contributed by atoms with van der Waals surface area (Å²) in [4.78, 5) is 12.0. The topological polar surface area (TPSA) is 55.1 Å². The SMILES string of the molecule is C#CCC(C)NC(=O)C1(C)CCCC1N. The molecule has 1 fully saturated rings. The van der Waals surface area contributed by atoms with Crippen molar-refractivity contribution in [1.29, 1.82) is 0 Å². The highest BCUT2D eigenvalue weighted by Gasteiger charge is 2.43. The predicted octanol–water partition coefficient (Wildman–Crippen LogP) is 1.03. The van der Waals surface area contributed by atoms with Crippen LogP contribution in [0.25, 0.3) is 0 Å². The van der Waals surface area contributed by atoms with Crippen LogP contribution in [-0.4, -0.2) is 18.0 Å². The fraction of sp³-hybridized carbons (Fsp3) is 0.750. The van der Waals surface area contributed by atoms with Crippen LogP contribution in [0.4, 0.5) is 0 Å². The molecule has 1 aliphatic rings. The van der Waals surface area contributed by atoms with Gasteiger partial charge < -0.3 is 11.1 Å². The molecule has 3 heteroatoms. The zero-order chi connectivity index (χ0) is 11.5. The molecule has 0 bridgehead atoms. The van der Waals surface area contributed by atoms with Gasteiger partial charge in [-0.2, -0.15) is 0 Å². The maximum atomic E-state index is 12.0. The Bertz CT molecular complexity index is 282. The molecule has 0 spiro atoms. The second-order valence-electron chi connectivity index (χ2n) is 4.70. The minimum absolute atomic E-state index is 0.0180. The molecule has 84 valence electrons. The van der Waals surface area contributed by atoms with E-state index in [-0.39, 0.29) is 18.0 Å². The number of rotatable bonds is 3. The van der Waals surface area contributed by atoms with Crippen molar-refractivity contribution in [2.24, 2.45) is 11.1 Å². The maximum Gasteiger partial charge on any atom is 0.227 e.